The van der Waals surface area contributed by atoms with Gasteiger partial charge in [0.1, 0.15) is 0 Å². The molecule has 0 fully saturated rings. The van der Waals surface area contributed by atoms with Gasteiger partial charge in [-0.15, -0.1) is 0 Å². The molecule has 74 valence electrons. The summed E-state index contributed by atoms with van der Waals surface area (Å²) in [6, 6.07) is 0. The van der Waals surface area contributed by atoms with Crippen molar-refractivity contribution in [3.63, 3.8) is 0 Å². The quantitative estimate of drug-likeness (QED) is 0.332. The molecule has 0 aromatic rings. The maximum atomic E-state index is 11.4. The first kappa shape index (κ1) is 11.5. The SMILES string of the molecule is ONC(O)(C(F)(F)F)C(F)(F)F. The van der Waals surface area contributed by atoms with Crippen LogP contribution in [-0.2, 0) is 0 Å². The Morgan fingerprint density at radius 1 is 0.833 bits per heavy atom. The maximum absolute atomic E-state index is 11.4. The second-order valence-corrected chi connectivity index (χ2v) is 1.82. The monoisotopic (exact) mass is 199 g/mol. The highest BCUT2D eigenvalue weighted by atomic mass is 19.4. The van der Waals surface area contributed by atoms with Gasteiger partial charge in [-0.25, -0.2) is 0 Å². The molecule has 0 aromatic carbocycles. The predicted molar refractivity (Wildman–Crippen MR) is 22.0 cm³/mol. The largest absolute Gasteiger partial charge is 0.442 e. The number of aliphatic hydroxyl groups is 1. The summed E-state index contributed by atoms with van der Waals surface area (Å²) in [5, 5.41) is 15.4. The molecule has 0 unspecified atom stereocenters. The Kier molecular flexibility index (Phi) is 2.62. The Morgan fingerprint density at radius 2 is 1.08 bits per heavy atom. The van der Waals surface area contributed by atoms with Crippen molar-refractivity contribution < 1.29 is 36.7 Å². The lowest BCUT2D eigenvalue weighted by molar-refractivity contribution is -0.400. The molecule has 0 spiro atoms. The Labute approximate surface area is 61.6 Å². The third kappa shape index (κ3) is 1.62. The predicted octanol–water partition coefficient (Wildman–Crippen LogP) is 0.778. The van der Waals surface area contributed by atoms with Gasteiger partial charge in [0, 0.05) is 0 Å². The average Bonchev–Trinajstić information content (AvgIpc) is 1.81. The molecule has 0 saturated carbocycles. The summed E-state index contributed by atoms with van der Waals surface area (Å²) in [7, 11) is 0. The first-order chi connectivity index (χ1) is 5.06. The maximum Gasteiger partial charge on any atom is 0.442 e. The van der Waals surface area contributed by atoms with Gasteiger partial charge in [0.15, 0.2) is 0 Å². The van der Waals surface area contributed by atoms with E-state index in [2.05, 4.69) is 0 Å². The molecule has 0 aromatic heterocycles. The van der Waals surface area contributed by atoms with Crippen molar-refractivity contribution in [2.45, 2.75) is 18.1 Å². The highest BCUT2D eigenvalue weighted by molar-refractivity contribution is 4.88. The van der Waals surface area contributed by atoms with Crippen LogP contribution in [0.25, 0.3) is 0 Å². The molecule has 12 heavy (non-hydrogen) atoms. The molecule has 0 radical (unpaired) electrons. The fourth-order valence-electron chi connectivity index (χ4n) is 0.287. The van der Waals surface area contributed by atoms with Gasteiger partial charge in [-0.3, -0.25) is 0 Å². The van der Waals surface area contributed by atoms with Crippen LogP contribution in [0.2, 0.25) is 0 Å². The van der Waals surface area contributed by atoms with Crippen LogP contribution in [0, 0.1) is 0 Å². The summed E-state index contributed by atoms with van der Waals surface area (Å²) in [6.45, 7) is 0. The summed E-state index contributed by atoms with van der Waals surface area (Å²) in [4.78, 5) is 0. The van der Waals surface area contributed by atoms with Crippen LogP contribution in [0.4, 0.5) is 26.3 Å². The van der Waals surface area contributed by atoms with Crippen LogP contribution in [0.15, 0.2) is 0 Å². The van der Waals surface area contributed by atoms with Crippen LogP contribution in [0.1, 0.15) is 0 Å². The van der Waals surface area contributed by atoms with E-state index in [1.807, 2.05) is 0 Å². The number of nitrogens with one attached hydrogen (secondary N) is 1. The van der Waals surface area contributed by atoms with Gasteiger partial charge < -0.3 is 10.3 Å². The molecule has 3 N–H and O–H groups in total. The second kappa shape index (κ2) is 2.75. The summed E-state index contributed by atoms with van der Waals surface area (Å²) in [5.41, 5.74) is -5.51. The summed E-state index contributed by atoms with van der Waals surface area (Å²) >= 11 is 0. The lowest BCUT2D eigenvalue weighted by Crippen LogP contribution is -2.65. The normalized spacial score (nSPS) is 15.0. The Hall–Kier alpha value is -0.540. The molecule has 3 nitrogen and oxygen atoms in total. The number of halogens is 6. The highest BCUT2D eigenvalue weighted by Gasteiger charge is 2.71. The van der Waals surface area contributed by atoms with Crippen LogP contribution in [0.5, 0.6) is 0 Å². The third-order valence-electron chi connectivity index (χ3n) is 0.982. The Balaban J connectivity index is 4.95. The zero-order valence-electron chi connectivity index (χ0n) is 5.16. The zero-order chi connectivity index (χ0) is 10.2. The van der Waals surface area contributed by atoms with Crippen LogP contribution >= 0.6 is 0 Å². The summed E-state index contributed by atoms with van der Waals surface area (Å²) < 4.78 is 68.4. The van der Waals surface area contributed by atoms with Crippen LogP contribution in [-0.4, -0.2) is 28.4 Å². The summed E-state index contributed by atoms with van der Waals surface area (Å²) in [6.07, 6.45) is -12.1. The third-order valence-corrected chi connectivity index (χ3v) is 0.982. The minimum absolute atomic E-state index is 0.236. The highest BCUT2D eigenvalue weighted by Crippen LogP contribution is 2.40. The Bertz CT molecular complexity index is 147. The molecule has 0 bridgehead atoms. The van der Waals surface area contributed by atoms with Gasteiger partial charge in [0.25, 0.3) is 0 Å². The Morgan fingerprint density at radius 3 is 1.08 bits per heavy atom. The van der Waals surface area contributed by atoms with Crippen molar-refractivity contribution in [1.82, 2.24) is 5.48 Å². The van der Waals surface area contributed by atoms with Gasteiger partial charge in [0.05, 0.1) is 0 Å². The van der Waals surface area contributed by atoms with E-state index in [0.717, 1.165) is 0 Å². The van der Waals surface area contributed by atoms with Gasteiger partial charge in [-0.1, -0.05) is 0 Å². The molecule has 0 aliphatic rings. The minimum Gasteiger partial charge on any atom is -0.359 e. The number of rotatable bonds is 1. The molecule has 0 atom stereocenters. The number of hydrogen-bond acceptors (Lipinski definition) is 3. The number of hydroxylamine groups is 1. The van der Waals surface area contributed by atoms with E-state index in [9.17, 15) is 26.3 Å². The van der Waals surface area contributed by atoms with Crippen molar-refractivity contribution in [2.24, 2.45) is 0 Å². The number of alkyl halides is 6. The standard InChI is InChI=1S/C3H3F6NO2/c4-2(5,6)1(11,10-12)3(7,8)9/h10-12H. The lowest BCUT2D eigenvalue weighted by atomic mass is 10.2. The van der Waals surface area contributed by atoms with E-state index in [-0.39, 0.29) is 5.48 Å². The molecule has 0 heterocycles. The van der Waals surface area contributed by atoms with Gasteiger partial charge in [-0.2, -0.15) is 31.8 Å². The van der Waals surface area contributed by atoms with Crippen molar-refractivity contribution in [3.8, 4) is 0 Å². The molecule has 0 rings (SSSR count). The number of hydrogen-bond donors (Lipinski definition) is 3. The molecule has 0 aliphatic carbocycles. The molecular formula is C3H3F6NO2. The fourth-order valence-corrected chi connectivity index (χ4v) is 0.287. The fraction of sp³-hybridized carbons (Fsp3) is 1.00. The van der Waals surface area contributed by atoms with Crippen molar-refractivity contribution in [3.05, 3.63) is 0 Å². The van der Waals surface area contributed by atoms with Crippen molar-refractivity contribution in [2.75, 3.05) is 0 Å². The van der Waals surface area contributed by atoms with Gasteiger partial charge in [-0.05, 0) is 0 Å². The molecule has 9 heteroatoms. The van der Waals surface area contributed by atoms with E-state index >= 15 is 0 Å². The van der Waals surface area contributed by atoms with Crippen LogP contribution in [0.3, 0.4) is 0 Å². The average molecular weight is 199 g/mol. The van der Waals surface area contributed by atoms with E-state index in [1.54, 1.807) is 0 Å². The molecular weight excluding hydrogens is 196 g/mol. The summed E-state index contributed by atoms with van der Waals surface area (Å²) in [5.74, 6) is 0. The van der Waals surface area contributed by atoms with Gasteiger partial charge >= 0.3 is 18.1 Å². The smallest absolute Gasteiger partial charge is 0.359 e. The molecule has 0 amide bonds. The van der Waals surface area contributed by atoms with E-state index in [1.165, 1.54) is 0 Å². The molecule has 0 saturated heterocycles. The van der Waals surface area contributed by atoms with E-state index in [4.69, 9.17) is 10.3 Å². The minimum atomic E-state index is -6.04. The van der Waals surface area contributed by atoms with E-state index < -0.39 is 18.1 Å². The second-order valence-electron chi connectivity index (χ2n) is 1.82. The van der Waals surface area contributed by atoms with Gasteiger partial charge in [0.2, 0.25) is 0 Å². The zero-order valence-corrected chi connectivity index (χ0v) is 5.16. The topological polar surface area (TPSA) is 52.5 Å². The first-order valence-corrected chi connectivity index (χ1v) is 2.33. The lowest BCUT2D eigenvalue weighted by Gasteiger charge is -2.30. The van der Waals surface area contributed by atoms with Crippen molar-refractivity contribution >= 4 is 0 Å². The van der Waals surface area contributed by atoms with E-state index in [0.29, 0.717) is 0 Å². The first-order valence-electron chi connectivity index (χ1n) is 2.33. The van der Waals surface area contributed by atoms with Crippen LogP contribution < -0.4 is 5.48 Å². The van der Waals surface area contributed by atoms with Crippen molar-refractivity contribution in [1.29, 1.82) is 0 Å². The molecule has 0 aliphatic heterocycles.